The zero-order chi connectivity index (χ0) is 15.9. The number of nitrogens with zero attached hydrogens (tertiary/aromatic N) is 3. The molecule has 1 fully saturated rings. The first-order valence-electron chi connectivity index (χ1n) is 7.79. The fourth-order valence-corrected chi connectivity index (χ4v) is 3.48. The molecular weight excluding hydrogens is 298 g/mol. The van der Waals surface area contributed by atoms with Crippen molar-refractivity contribution in [1.82, 2.24) is 4.98 Å². The molecule has 0 N–H and O–H groups in total. The van der Waals surface area contributed by atoms with Crippen LogP contribution in [0.5, 0.6) is 0 Å². The molecule has 0 atom stereocenters. The van der Waals surface area contributed by atoms with E-state index in [0.29, 0.717) is 6.04 Å². The van der Waals surface area contributed by atoms with Gasteiger partial charge in [-0.3, -0.25) is 4.79 Å². The van der Waals surface area contributed by atoms with Crippen LogP contribution in [0.15, 0.2) is 17.2 Å². The van der Waals surface area contributed by atoms with Crippen molar-refractivity contribution in [3.63, 3.8) is 0 Å². The van der Waals surface area contributed by atoms with Gasteiger partial charge in [-0.1, -0.05) is 6.92 Å². The van der Waals surface area contributed by atoms with Crippen molar-refractivity contribution in [3.05, 3.63) is 12.3 Å². The van der Waals surface area contributed by atoms with Crippen LogP contribution in [0.4, 0.5) is 11.5 Å². The average Bonchev–Trinajstić information content (AvgIpc) is 2.59. The summed E-state index contributed by atoms with van der Waals surface area (Å²) in [5, 5.41) is 0. The molecule has 2 heterocycles. The minimum Gasteiger partial charge on any atom is -0.381 e. The highest BCUT2D eigenvalue weighted by Gasteiger charge is 2.20. The number of carbonyl (C=O) groups excluding carboxylic acids is 1. The minimum atomic E-state index is 0.472. The summed E-state index contributed by atoms with van der Waals surface area (Å²) in [6.07, 6.45) is 5.80. The molecule has 2 rings (SSSR count). The summed E-state index contributed by atoms with van der Waals surface area (Å²) >= 11 is 1.78. The van der Waals surface area contributed by atoms with Gasteiger partial charge in [0, 0.05) is 38.2 Å². The fourth-order valence-electron chi connectivity index (χ4n) is 2.52. The van der Waals surface area contributed by atoms with Gasteiger partial charge in [-0.25, -0.2) is 4.98 Å². The van der Waals surface area contributed by atoms with Crippen LogP contribution in [0.25, 0.3) is 0 Å². The maximum Gasteiger partial charge on any atom is 0.213 e. The summed E-state index contributed by atoms with van der Waals surface area (Å²) in [6.45, 7) is 3.79. The lowest BCUT2D eigenvalue weighted by atomic mass is 10.1. The van der Waals surface area contributed by atoms with E-state index in [0.717, 1.165) is 61.0 Å². The summed E-state index contributed by atoms with van der Waals surface area (Å²) in [5.41, 5.74) is 0.873. The second-order valence-corrected chi connectivity index (χ2v) is 6.67. The van der Waals surface area contributed by atoms with E-state index < -0.39 is 0 Å². The molecule has 0 unspecified atom stereocenters. The van der Waals surface area contributed by atoms with Gasteiger partial charge in [0.05, 0.1) is 11.9 Å². The standard InChI is InChI=1S/C16H25N3O2S/c1-4-9-22-15-10-16(17-11-14(15)18(2)12-20)19(3)13-5-7-21-8-6-13/h10-13H,4-9H2,1-3H3. The third-order valence-corrected chi connectivity index (χ3v) is 5.18. The monoisotopic (exact) mass is 323 g/mol. The van der Waals surface area contributed by atoms with Crippen molar-refractivity contribution < 1.29 is 9.53 Å². The van der Waals surface area contributed by atoms with Crippen LogP contribution in [-0.2, 0) is 9.53 Å². The van der Waals surface area contributed by atoms with Crippen molar-refractivity contribution in [2.45, 2.75) is 37.1 Å². The predicted molar refractivity (Wildman–Crippen MR) is 92.0 cm³/mol. The highest BCUT2D eigenvalue weighted by atomic mass is 32.2. The Morgan fingerprint density at radius 2 is 2.14 bits per heavy atom. The zero-order valence-electron chi connectivity index (χ0n) is 13.6. The van der Waals surface area contributed by atoms with Gasteiger partial charge in [0.1, 0.15) is 5.82 Å². The van der Waals surface area contributed by atoms with Gasteiger partial charge in [0.15, 0.2) is 0 Å². The topological polar surface area (TPSA) is 45.7 Å². The molecule has 1 aliphatic heterocycles. The second kappa shape index (κ2) is 8.39. The first-order chi connectivity index (χ1) is 10.7. The predicted octanol–water partition coefficient (Wildman–Crippen LogP) is 2.79. The first kappa shape index (κ1) is 17.1. The average molecular weight is 323 g/mol. The number of thioether (sulfide) groups is 1. The van der Waals surface area contributed by atoms with Crippen LogP contribution < -0.4 is 9.80 Å². The number of ether oxygens (including phenoxy) is 1. The van der Waals surface area contributed by atoms with E-state index in [-0.39, 0.29) is 0 Å². The summed E-state index contributed by atoms with van der Waals surface area (Å²) < 4.78 is 5.43. The van der Waals surface area contributed by atoms with E-state index in [1.165, 1.54) is 0 Å². The summed E-state index contributed by atoms with van der Waals surface area (Å²) in [4.78, 5) is 20.6. The number of hydrogen-bond donors (Lipinski definition) is 0. The number of anilines is 2. The van der Waals surface area contributed by atoms with Crippen molar-refractivity contribution in [2.75, 3.05) is 42.9 Å². The molecular formula is C16H25N3O2S. The molecule has 1 amide bonds. The molecule has 0 spiro atoms. The Bertz CT molecular complexity index is 492. The first-order valence-corrected chi connectivity index (χ1v) is 8.77. The van der Waals surface area contributed by atoms with Crippen LogP contribution >= 0.6 is 11.8 Å². The van der Waals surface area contributed by atoms with Crippen LogP contribution in [0.2, 0.25) is 0 Å². The van der Waals surface area contributed by atoms with E-state index in [1.54, 1.807) is 29.9 Å². The number of hydrogen-bond acceptors (Lipinski definition) is 5. The van der Waals surface area contributed by atoms with Gasteiger partial charge >= 0.3 is 0 Å². The molecule has 6 heteroatoms. The van der Waals surface area contributed by atoms with E-state index in [4.69, 9.17) is 4.74 Å². The van der Waals surface area contributed by atoms with E-state index in [1.807, 2.05) is 0 Å². The molecule has 0 aliphatic carbocycles. The Hall–Kier alpha value is -1.27. The molecule has 0 aromatic carbocycles. The molecule has 5 nitrogen and oxygen atoms in total. The molecule has 0 radical (unpaired) electrons. The lowest BCUT2D eigenvalue weighted by Gasteiger charge is -2.32. The van der Waals surface area contributed by atoms with Crippen LogP contribution in [0.1, 0.15) is 26.2 Å². The highest BCUT2D eigenvalue weighted by Crippen LogP contribution is 2.32. The Morgan fingerprint density at radius 3 is 2.77 bits per heavy atom. The van der Waals surface area contributed by atoms with Crippen LogP contribution in [0, 0.1) is 0 Å². The van der Waals surface area contributed by atoms with E-state index in [2.05, 4.69) is 29.9 Å². The van der Waals surface area contributed by atoms with Gasteiger partial charge in [-0.15, -0.1) is 11.8 Å². The second-order valence-electron chi connectivity index (χ2n) is 5.53. The Labute approximate surface area is 137 Å². The van der Waals surface area contributed by atoms with Gasteiger partial charge in [-0.2, -0.15) is 0 Å². The maximum absolute atomic E-state index is 11.1. The normalized spacial score (nSPS) is 15.6. The molecule has 1 saturated heterocycles. The van der Waals surface area contributed by atoms with Gasteiger partial charge in [-0.05, 0) is 31.1 Å². The van der Waals surface area contributed by atoms with Gasteiger partial charge in [0.25, 0.3) is 0 Å². The number of pyridine rings is 1. The largest absolute Gasteiger partial charge is 0.381 e. The number of amides is 1. The van der Waals surface area contributed by atoms with Crippen molar-refractivity contribution in [2.24, 2.45) is 0 Å². The summed E-state index contributed by atoms with van der Waals surface area (Å²) in [6, 6.07) is 2.57. The van der Waals surface area contributed by atoms with Crippen molar-refractivity contribution >= 4 is 29.7 Å². The van der Waals surface area contributed by atoms with Crippen LogP contribution in [-0.4, -0.2) is 50.5 Å². The van der Waals surface area contributed by atoms with Crippen LogP contribution in [0.3, 0.4) is 0 Å². The summed E-state index contributed by atoms with van der Waals surface area (Å²) in [7, 11) is 3.86. The molecule has 0 bridgehead atoms. The number of carbonyl (C=O) groups is 1. The Balaban J connectivity index is 2.22. The Kier molecular flexibility index (Phi) is 6.51. The number of rotatable bonds is 7. The lowest BCUT2D eigenvalue weighted by Crippen LogP contribution is -2.37. The maximum atomic E-state index is 11.1. The Morgan fingerprint density at radius 1 is 1.41 bits per heavy atom. The lowest BCUT2D eigenvalue weighted by molar-refractivity contribution is -0.107. The quantitative estimate of drug-likeness (QED) is 0.570. The van der Waals surface area contributed by atoms with Gasteiger partial charge < -0.3 is 14.5 Å². The van der Waals surface area contributed by atoms with E-state index in [9.17, 15) is 4.79 Å². The minimum absolute atomic E-state index is 0.472. The molecule has 122 valence electrons. The number of aromatic nitrogens is 1. The third-order valence-electron chi connectivity index (χ3n) is 3.93. The molecule has 22 heavy (non-hydrogen) atoms. The fraction of sp³-hybridized carbons (Fsp3) is 0.625. The van der Waals surface area contributed by atoms with Crippen molar-refractivity contribution in [1.29, 1.82) is 0 Å². The summed E-state index contributed by atoms with van der Waals surface area (Å²) in [5.74, 6) is 2.00. The van der Waals surface area contributed by atoms with Gasteiger partial charge in [0.2, 0.25) is 6.41 Å². The SMILES string of the molecule is CCCSc1cc(N(C)C2CCOCC2)ncc1N(C)C=O. The van der Waals surface area contributed by atoms with Crippen molar-refractivity contribution in [3.8, 4) is 0 Å². The third kappa shape index (κ3) is 4.14. The molecule has 0 saturated carbocycles. The highest BCUT2D eigenvalue weighted by molar-refractivity contribution is 7.99. The molecule has 1 aromatic heterocycles. The molecule has 1 aromatic rings. The van der Waals surface area contributed by atoms with E-state index >= 15 is 0 Å². The smallest absolute Gasteiger partial charge is 0.213 e. The zero-order valence-corrected chi connectivity index (χ0v) is 14.4. The molecule has 1 aliphatic rings.